The molecule has 0 bridgehead atoms. The first kappa shape index (κ1) is 12.7. The summed E-state index contributed by atoms with van der Waals surface area (Å²) in [6, 6.07) is 5.35. The van der Waals surface area contributed by atoms with Gasteiger partial charge < -0.3 is 10.6 Å². The predicted molar refractivity (Wildman–Crippen MR) is 69.3 cm³/mol. The van der Waals surface area contributed by atoms with Crippen LogP contribution in [0.3, 0.4) is 0 Å². The molecule has 0 aliphatic carbocycles. The van der Waals surface area contributed by atoms with Crippen LogP contribution < -0.4 is 5.73 Å². The zero-order valence-corrected chi connectivity index (χ0v) is 10.8. The fourth-order valence-corrected chi connectivity index (χ4v) is 2.51. The third-order valence-corrected chi connectivity index (χ3v) is 3.68. The van der Waals surface area contributed by atoms with Crippen molar-refractivity contribution < 1.29 is 4.79 Å². The van der Waals surface area contributed by atoms with Crippen LogP contribution >= 0.6 is 23.2 Å². The first-order chi connectivity index (χ1) is 8.08. The van der Waals surface area contributed by atoms with Gasteiger partial charge in [-0.2, -0.15) is 0 Å². The normalized spacial score (nSPS) is 19.7. The lowest BCUT2D eigenvalue weighted by Crippen LogP contribution is -2.33. The highest BCUT2D eigenvalue weighted by atomic mass is 35.5. The van der Waals surface area contributed by atoms with E-state index in [2.05, 4.69) is 0 Å². The van der Waals surface area contributed by atoms with Gasteiger partial charge in [0, 0.05) is 29.2 Å². The zero-order valence-electron chi connectivity index (χ0n) is 9.33. The minimum atomic E-state index is 0.0351. The highest BCUT2D eigenvalue weighted by molar-refractivity contribution is 6.36. The van der Waals surface area contributed by atoms with Crippen LogP contribution in [0.1, 0.15) is 12.0 Å². The lowest BCUT2D eigenvalue weighted by Gasteiger charge is -2.16. The van der Waals surface area contributed by atoms with Crippen molar-refractivity contribution in [3.63, 3.8) is 0 Å². The second-order valence-electron chi connectivity index (χ2n) is 4.27. The summed E-state index contributed by atoms with van der Waals surface area (Å²) in [4.78, 5) is 13.8. The van der Waals surface area contributed by atoms with E-state index in [1.807, 2.05) is 0 Å². The SMILES string of the molecule is N[C@H]1CCN(C(=O)Cc2c(Cl)cccc2Cl)C1. The second kappa shape index (κ2) is 5.25. The Morgan fingerprint density at radius 1 is 1.41 bits per heavy atom. The Morgan fingerprint density at radius 2 is 2.06 bits per heavy atom. The molecule has 1 aromatic rings. The summed E-state index contributed by atoms with van der Waals surface area (Å²) >= 11 is 12.1. The maximum Gasteiger partial charge on any atom is 0.227 e. The van der Waals surface area contributed by atoms with Crippen molar-refractivity contribution in [2.45, 2.75) is 18.9 Å². The smallest absolute Gasteiger partial charge is 0.227 e. The lowest BCUT2D eigenvalue weighted by molar-refractivity contribution is -0.129. The Bertz CT molecular complexity index is 416. The number of hydrogen-bond acceptors (Lipinski definition) is 2. The Kier molecular flexibility index (Phi) is 3.92. The minimum Gasteiger partial charge on any atom is -0.341 e. The number of likely N-dealkylation sites (tertiary alicyclic amines) is 1. The van der Waals surface area contributed by atoms with E-state index in [1.165, 1.54) is 0 Å². The number of nitrogens with zero attached hydrogens (tertiary/aromatic N) is 1. The third kappa shape index (κ3) is 2.92. The molecule has 0 aromatic heterocycles. The highest BCUT2D eigenvalue weighted by Gasteiger charge is 2.24. The minimum absolute atomic E-state index is 0.0351. The molecule has 1 heterocycles. The molecule has 1 amide bonds. The van der Waals surface area contributed by atoms with Gasteiger partial charge >= 0.3 is 0 Å². The number of hydrogen-bond donors (Lipinski definition) is 1. The number of nitrogens with two attached hydrogens (primary N) is 1. The van der Waals surface area contributed by atoms with Crippen LogP contribution in [0, 0.1) is 0 Å². The van der Waals surface area contributed by atoms with Gasteiger partial charge in [0.2, 0.25) is 5.91 Å². The van der Waals surface area contributed by atoms with E-state index in [0.29, 0.717) is 22.2 Å². The van der Waals surface area contributed by atoms with Crippen molar-refractivity contribution in [2.75, 3.05) is 13.1 Å². The molecule has 0 radical (unpaired) electrons. The molecule has 2 N–H and O–H groups in total. The topological polar surface area (TPSA) is 46.3 Å². The molecule has 0 saturated carbocycles. The van der Waals surface area contributed by atoms with Gasteiger partial charge in [-0.25, -0.2) is 0 Å². The molecule has 1 atom stereocenters. The van der Waals surface area contributed by atoms with Gasteiger partial charge in [-0.3, -0.25) is 4.79 Å². The van der Waals surface area contributed by atoms with Crippen molar-refractivity contribution in [2.24, 2.45) is 5.73 Å². The predicted octanol–water partition coefficient (Wildman–Crippen LogP) is 2.10. The van der Waals surface area contributed by atoms with Gasteiger partial charge in [-0.15, -0.1) is 0 Å². The molecule has 0 spiro atoms. The maximum absolute atomic E-state index is 12.0. The highest BCUT2D eigenvalue weighted by Crippen LogP contribution is 2.25. The summed E-state index contributed by atoms with van der Waals surface area (Å²) in [5.41, 5.74) is 6.47. The monoisotopic (exact) mass is 272 g/mol. The van der Waals surface area contributed by atoms with Gasteiger partial charge in [-0.05, 0) is 24.1 Å². The van der Waals surface area contributed by atoms with Crippen molar-refractivity contribution in [1.29, 1.82) is 0 Å². The van der Waals surface area contributed by atoms with Crippen LogP contribution in [0.15, 0.2) is 18.2 Å². The third-order valence-electron chi connectivity index (χ3n) is 2.97. The van der Waals surface area contributed by atoms with E-state index in [9.17, 15) is 4.79 Å². The van der Waals surface area contributed by atoms with Crippen molar-refractivity contribution >= 4 is 29.1 Å². The van der Waals surface area contributed by atoms with Crippen LogP contribution in [0.5, 0.6) is 0 Å². The Balaban J connectivity index is 2.08. The number of amides is 1. The first-order valence-electron chi connectivity index (χ1n) is 5.54. The van der Waals surface area contributed by atoms with E-state index >= 15 is 0 Å². The number of carbonyl (C=O) groups excluding carboxylic acids is 1. The summed E-state index contributed by atoms with van der Waals surface area (Å²) < 4.78 is 0. The summed E-state index contributed by atoms with van der Waals surface area (Å²) in [7, 11) is 0. The molecule has 0 unspecified atom stereocenters. The summed E-state index contributed by atoms with van der Waals surface area (Å²) in [5.74, 6) is 0.0351. The molecular weight excluding hydrogens is 259 g/mol. The van der Waals surface area contributed by atoms with Crippen LogP contribution in [0.2, 0.25) is 10.0 Å². The van der Waals surface area contributed by atoms with Gasteiger partial charge in [0.05, 0.1) is 6.42 Å². The molecule has 1 saturated heterocycles. The van der Waals surface area contributed by atoms with Gasteiger partial charge in [0.25, 0.3) is 0 Å². The van der Waals surface area contributed by atoms with E-state index in [1.54, 1.807) is 23.1 Å². The van der Waals surface area contributed by atoms with Crippen LogP contribution in [-0.2, 0) is 11.2 Å². The number of rotatable bonds is 2. The van der Waals surface area contributed by atoms with E-state index in [4.69, 9.17) is 28.9 Å². The lowest BCUT2D eigenvalue weighted by atomic mass is 10.1. The van der Waals surface area contributed by atoms with E-state index in [-0.39, 0.29) is 18.4 Å². The Morgan fingerprint density at radius 3 is 2.59 bits per heavy atom. The fourth-order valence-electron chi connectivity index (χ4n) is 1.98. The summed E-state index contributed by atoms with van der Waals surface area (Å²) in [6.07, 6.45) is 1.10. The van der Waals surface area contributed by atoms with Crippen molar-refractivity contribution in [3.8, 4) is 0 Å². The van der Waals surface area contributed by atoms with Crippen molar-refractivity contribution in [1.82, 2.24) is 4.90 Å². The van der Waals surface area contributed by atoms with E-state index < -0.39 is 0 Å². The maximum atomic E-state index is 12.0. The molecular formula is C12H14Cl2N2O. The fraction of sp³-hybridized carbons (Fsp3) is 0.417. The Labute approximate surface area is 110 Å². The average Bonchev–Trinajstić information content (AvgIpc) is 2.70. The van der Waals surface area contributed by atoms with Crippen LogP contribution in [0.25, 0.3) is 0 Å². The van der Waals surface area contributed by atoms with Gasteiger partial charge in [-0.1, -0.05) is 29.3 Å². The molecule has 1 aliphatic rings. The second-order valence-corrected chi connectivity index (χ2v) is 5.08. The van der Waals surface area contributed by atoms with Gasteiger partial charge in [0.1, 0.15) is 0 Å². The number of carbonyl (C=O) groups is 1. The molecule has 1 aliphatic heterocycles. The largest absolute Gasteiger partial charge is 0.341 e. The summed E-state index contributed by atoms with van der Waals surface area (Å²) in [5, 5.41) is 1.07. The average molecular weight is 273 g/mol. The molecule has 17 heavy (non-hydrogen) atoms. The van der Waals surface area contributed by atoms with Crippen LogP contribution in [0.4, 0.5) is 0 Å². The molecule has 1 aromatic carbocycles. The Hall–Kier alpha value is -0.770. The van der Waals surface area contributed by atoms with Gasteiger partial charge in [0.15, 0.2) is 0 Å². The standard InChI is InChI=1S/C12H14Cl2N2O/c13-10-2-1-3-11(14)9(10)6-12(17)16-5-4-8(15)7-16/h1-3,8H,4-7,15H2/t8-/m0/s1. The molecule has 1 fully saturated rings. The van der Waals surface area contributed by atoms with E-state index in [0.717, 1.165) is 13.0 Å². The number of halogens is 2. The molecule has 5 heteroatoms. The molecule has 92 valence electrons. The van der Waals surface area contributed by atoms with Crippen LogP contribution in [-0.4, -0.2) is 29.9 Å². The molecule has 2 rings (SSSR count). The van der Waals surface area contributed by atoms with Crippen molar-refractivity contribution in [3.05, 3.63) is 33.8 Å². The zero-order chi connectivity index (χ0) is 12.4. The molecule has 3 nitrogen and oxygen atoms in total. The quantitative estimate of drug-likeness (QED) is 0.896. The number of benzene rings is 1. The summed E-state index contributed by atoms with van der Waals surface area (Å²) in [6.45, 7) is 1.35. The first-order valence-corrected chi connectivity index (χ1v) is 6.30.